The van der Waals surface area contributed by atoms with Crippen LogP contribution in [0.25, 0.3) is 0 Å². The first kappa shape index (κ1) is 12.7. The van der Waals surface area contributed by atoms with Crippen LogP contribution in [-0.4, -0.2) is 19.6 Å². The second-order valence-electron chi connectivity index (χ2n) is 2.98. The second kappa shape index (κ2) is 6.17. The standard InChI is InChI=1S/C10H15OS.ClH/c1-11-10-6-4-9(5-7-10)8-12(2)3;/h4-7H,8H2,1-3H3;1H/q+1;/p-1. The van der Waals surface area contributed by atoms with Crippen LogP contribution in [0.15, 0.2) is 24.3 Å². The highest BCUT2D eigenvalue weighted by Crippen LogP contribution is 2.12. The lowest BCUT2D eigenvalue weighted by molar-refractivity contribution is -0.00000297. The fourth-order valence-corrected chi connectivity index (χ4v) is 1.91. The Hall–Kier alpha value is -0.340. The molecule has 74 valence electrons. The average Bonchev–Trinajstić information content (AvgIpc) is 2.05. The molecule has 0 spiro atoms. The smallest absolute Gasteiger partial charge is 0.132 e. The molecule has 0 aromatic heterocycles. The van der Waals surface area contributed by atoms with E-state index >= 15 is 0 Å². The van der Waals surface area contributed by atoms with E-state index in [1.54, 1.807) is 7.11 Å². The Morgan fingerprint density at radius 2 is 1.69 bits per heavy atom. The lowest BCUT2D eigenvalue weighted by Crippen LogP contribution is -3.00. The van der Waals surface area contributed by atoms with Gasteiger partial charge in [0.25, 0.3) is 0 Å². The van der Waals surface area contributed by atoms with Crippen molar-refractivity contribution in [1.82, 2.24) is 0 Å². The first-order valence-corrected chi connectivity index (χ1v) is 6.10. The molecule has 0 fully saturated rings. The van der Waals surface area contributed by atoms with E-state index in [-0.39, 0.29) is 12.4 Å². The van der Waals surface area contributed by atoms with Crippen molar-refractivity contribution in [3.63, 3.8) is 0 Å². The molecule has 0 aliphatic heterocycles. The molecule has 0 saturated heterocycles. The summed E-state index contributed by atoms with van der Waals surface area (Å²) in [5.74, 6) is 2.11. The molecule has 1 aromatic carbocycles. The molecular weight excluding hydrogens is 204 g/mol. The number of hydrogen-bond donors (Lipinski definition) is 0. The van der Waals surface area contributed by atoms with Gasteiger partial charge in [0.05, 0.1) is 19.6 Å². The Kier molecular flexibility index (Phi) is 6.00. The maximum atomic E-state index is 5.08. The third-order valence-corrected chi connectivity index (χ3v) is 2.53. The Morgan fingerprint density at radius 3 is 2.08 bits per heavy atom. The third kappa shape index (κ3) is 4.44. The maximum Gasteiger partial charge on any atom is 0.132 e. The summed E-state index contributed by atoms with van der Waals surface area (Å²) in [5, 5.41) is 0. The normalized spacial score (nSPS) is 9.54. The van der Waals surface area contributed by atoms with E-state index in [2.05, 4.69) is 24.6 Å². The van der Waals surface area contributed by atoms with Crippen molar-refractivity contribution in [2.45, 2.75) is 5.75 Å². The molecule has 0 aliphatic rings. The van der Waals surface area contributed by atoms with E-state index in [9.17, 15) is 0 Å². The van der Waals surface area contributed by atoms with E-state index < -0.39 is 0 Å². The number of rotatable bonds is 3. The van der Waals surface area contributed by atoms with E-state index in [1.807, 2.05) is 12.1 Å². The third-order valence-electron chi connectivity index (χ3n) is 1.61. The van der Waals surface area contributed by atoms with Crippen molar-refractivity contribution < 1.29 is 17.1 Å². The van der Waals surface area contributed by atoms with Crippen LogP contribution in [0.4, 0.5) is 0 Å². The molecule has 0 aliphatic carbocycles. The number of halogens is 1. The van der Waals surface area contributed by atoms with Gasteiger partial charge in [-0.3, -0.25) is 0 Å². The highest BCUT2D eigenvalue weighted by Gasteiger charge is 2.03. The molecule has 0 amide bonds. The molecule has 0 unspecified atom stereocenters. The van der Waals surface area contributed by atoms with Gasteiger partial charge in [-0.1, -0.05) is 12.1 Å². The van der Waals surface area contributed by atoms with Crippen molar-refractivity contribution in [1.29, 1.82) is 0 Å². The van der Waals surface area contributed by atoms with E-state index in [1.165, 1.54) is 11.3 Å². The van der Waals surface area contributed by atoms with Crippen LogP contribution < -0.4 is 17.1 Å². The van der Waals surface area contributed by atoms with Gasteiger partial charge in [0, 0.05) is 5.56 Å². The van der Waals surface area contributed by atoms with Gasteiger partial charge in [-0.25, -0.2) is 0 Å². The zero-order valence-corrected chi connectivity index (χ0v) is 9.78. The summed E-state index contributed by atoms with van der Waals surface area (Å²) in [7, 11) is 2.18. The number of hydrogen-bond acceptors (Lipinski definition) is 1. The van der Waals surface area contributed by atoms with Crippen LogP contribution in [0.5, 0.6) is 5.75 Å². The second-order valence-corrected chi connectivity index (χ2v) is 5.24. The molecule has 0 N–H and O–H groups in total. The van der Waals surface area contributed by atoms with Gasteiger partial charge >= 0.3 is 0 Å². The van der Waals surface area contributed by atoms with E-state index in [0.29, 0.717) is 10.9 Å². The largest absolute Gasteiger partial charge is 1.00 e. The van der Waals surface area contributed by atoms with Gasteiger partial charge < -0.3 is 17.1 Å². The molecule has 0 saturated carbocycles. The number of benzene rings is 1. The Bertz CT molecular complexity index is 233. The summed E-state index contributed by atoms with van der Waals surface area (Å²) >= 11 is 0. The van der Waals surface area contributed by atoms with Crippen molar-refractivity contribution >= 4 is 10.9 Å². The van der Waals surface area contributed by atoms with Crippen molar-refractivity contribution in [2.24, 2.45) is 0 Å². The summed E-state index contributed by atoms with van der Waals surface area (Å²) in [6, 6.07) is 8.29. The van der Waals surface area contributed by atoms with Gasteiger partial charge in [-0.2, -0.15) is 0 Å². The summed E-state index contributed by atoms with van der Waals surface area (Å²) in [4.78, 5) is 0. The average molecular weight is 219 g/mol. The topological polar surface area (TPSA) is 9.23 Å². The Labute approximate surface area is 89.2 Å². The fourth-order valence-electron chi connectivity index (χ4n) is 1.06. The first-order valence-electron chi connectivity index (χ1n) is 3.89. The van der Waals surface area contributed by atoms with Crippen LogP contribution in [0.2, 0.25) is 0 Å². The molecule has 3 heteroatoms. The van der Waals surface area contributed by atoms with Crippen molar-refractivity contribution in [2.75, 3.05) is 19.6 Å². The van der Waals surface area contributed by atoms with Gasteiger partial charge in [-0.05, 0) is 23.0 Å². The minimum Gasteiger partial charge on any atom is -1.00 e. The molecule has 0 atom stereocenters. The van der Waals surface area contributed by atoms with Gasteiger partial charge in [0.1, 0.15) is 11.5 Å². The van der Waals surface area contributed by atoms with Crippen molar-refractivity contribution in [3.8, 4) is 5.75 Å². The Morgan fingerprint density at radius 1 is 1.15 bits per heavy atom. The quantitative estimate of drug-likeness (QED) is 0.597. The lowest BCUT2D eigenvalue weighted by Gasteiger charge is -2.00. The molecule has 1 aromatic rings. The first-order chi connectivity index (χ1) is 5.72. The van der Waals surface area contributed by atoms with Crippen molar-refractivity contribution in [3.05, 3.63) is 29.8 Å². The van der Waals surface area contributed by atoms with Crippen LogP contribution in [0.1, 0.15) is 5.56 Å². The number of ether oxygens (including phenoxy) is 1. The summed E-state index contributed by atoms with van der Waals surface area (Å²) in [5.41, 5.74) is 1.39. The monoisotopic (exact) mass is 218 g/mol. The molecule has 13 heavy (non-hydrogen) atoms. The molecular formula is C10H15ClOS. The SMILES string of the molecule is COc1ccc(C[S+](C)C)cc1.[Cl-]. The molecule has 0 radical (unpaired) electrons. The predicted octanol–water partition coefficient (Wildman–Crippen LogP) is -0.923. The van der Waals surface area contributed by atoms with Crippen LogP contribution in [0.3, 0.4) is 0 Å². The molecule has 1 rings (SSSR count). The Balaban J connectivity index is 0.00000144. The van der Waals surface area contributed by atoms with Gasteiger partial charge in [-0.15, -0.1) is 0 Å². The molecule has 0 heterocycles. The summed E-state index contributed by atoms with van der Waals surface area (Å²) < 4.78 is 5.08. The van der Waals surface area contributed by atoms with E-state index in [4.69, 9.17) is 4.74 Å². The van der Waals surface area contributed by atoms with E-state index in [0.717, 1.165) is 5.75 Å². The fraction of sp³-hybridized carbons (Fsp3) is 0.400. The van der Waals surface area contributed by atoms with Crippen LogP contribution in [-0.2, 0) is 16.6 Å². The highest BCUT2D eigenvalue weighted by atomic mass is 35.5. The highest BCUT2D eigenvalue weighted by molar-refractivity contribution is 7.94. The summed E-state index contributed by atoms with van der Waals surface area (Å²) in [6.45, 7) is 0. The molecule has 1 nitrogen and oxygen atoms in total. The van der Waals surface area contributed by atoms with Gasteiger partial charge in [0.15, 0.2) is 0 Å². The lowest BCUT2D eigenvalue weighted by atomic mass is 10.2. The number of methoxy groups -OCH3 is 1. The van der Waals surface area contributed by atoms with Crippen LogP contribution >= 0.6 is 0 Å². The summed E-state index contributed by atoms with van der Waals surface area (Å²) in [6.07, 6.45) is 4.51. The minimum absolute atomic E-state index is 0. The predicted molar refractivity (Wildman–Crippen MR) is 55.9 cm³/mol. The maximum absolute atomic E-state index is 5.08. The van der Waals surface area contributed by atoms with Crippen LogP contribution in [0, 0.1) is 0 Å². The zero-order chi connectivity index (χ0) is 8.97. The molecule has 0 bridgehead atoms. The minimum atomic E-state index is 0. The van der Waals surface area contributed by atoms with Gasteiger partial charge in [0.2, 0.25) is 0 Å². The zero-order valence-electron chi connectivity index (χ0n) is 8.21.